The number of halogens is 1. The summed E-state index contributed by atoms with van der Waals surface area (Å²) in [7, 11) is 0. The van der Waals surface area contributed by atoms with Gasteiger partial charge in [0.25, 0.3) is 0 Å². The van der Waals surface area contributed by atoms with Gasteiger partial charge in [0.1, 0.15) is 11.8 Å². The predicted molar refractivity (Wildman–Crippen MR) is 150 cm³/mol. The third-order valence-electron chi connectivity index (χ3n) is 6.32. The van der Waals surface area contributed by atoms with Crippen LogP contribution in [-0.2, 0) is 4.79 Å². The van der Waals surface area contributed by atoms with E-state index in [1.165, 1.54) is 0 Å². The summed E-state index contributed by atoms with van der Waals surface area (Å²) >= 11 is 12.5. The summed E-state index contributed by atoms with van der Waals surface area (Å²) in [4.78, 5) is 18.9. The highest BCUT2D eigenvalue weighted by molar-refractivity contribution is 7.80. The number of thiocarbonyl (C=S) groups is 1. The van der Waals surface area contributed by atoms with E-state index >= 15 is 0 Å². The quantitative estimate of drug-likeness (QED) is 0.265. The predicted octanol–water partition coefficient (Wildman–Crippen LogP) is 6.00. The van der Waals surface area contributed by atoms with Crippen molar-refractivity contribution in [1.29, 1.82) is 0 Å². The summed E-state index contributed by atoms with van der Waals surface area (Å²) in [6.07, 6.45) is 3.75. The fourth-order valence-electron chi connectivity index (χ4n) is 4.45. The maximum absolute atomic E-state index is 12.2. The number of rotatable bonds is 6. The molecule has 1 amide bonds. The summed E-state index contributed by atoms with van der Waals surface area (Å²) in [5.74, 6) is -0.0661. The summed E-state index contributed by atoms with van der Waals surface area (Å²) < 4.78 is 2.07. The fourth-order valence-corrected chi connectivity index (χ4v) is 5.02. The zero-order valence-corrected chi connectivity index (χ0v) is 21.9. The van der Waals surface area contributed by atoms with Crippen molar-refractivity contribution in [3.8, 4) is 11.4 Å². The van der Waals surface area contributed by atoms with E-state index in [0.29, 0.717) is 15.8 Å². The van der Waals surface area contributed by atoms with E-state index in [9.17, 15) is 9.90 Å². The zero-order valence-electron chi connectivity index (χ0n) is 20.3. The van der Waals surface area contributed by atoms with Gasteiger partial charge < -0.3 is 25.2 Å². The summed E-state index contributed by atoms with van der Waals surface area (Å²) in [6.45, 7) is 3.66. The molecule has 1 aliphatic heterocycles. The third-order valence-corrected chi connectivity index (χ3v) is 6.95. The van der Waals surface area contributed by atoms with Crippen LogP contribution in [0.4, 0.5) is 11.4 Å². The van der Waals surface area contributed by atoms with Gasteiger partial charge in [0.2, 0.25) is 5.91 Å². The van der Waals surface area contributed by atoms with E-state index in [1.54, 1.807) is 24.4 Å². The van der Waals surface area contributed by atoms with Crippen LogP contribution in [0.5, 0.6) is 5.75 Å². The molecule has 1 aliphatic rings. The Bertz CT molecular complexity index is 1440. The first-order valence-electron chi connectivity index (χ1n) is 11.9. The monoisotopic (exact) mass is 531 g/mol. The van der Waals surface area contributed by atoms with Crippen molar-refractivity contribution in [3.63, 3.8) is 0 Å². The number of hydrogen-bond acceptors (Lipinski definition) is 4. The molecule has 37 heavy (non-hydrogen) atoms. The number of pyridine rings is 1. The number of anilines is 2. The number of nitrogens with zero attached hydrogens (tertiary/aromatic N) is 3. The maximum atomic E-state index is 12.2. The van der Waals surface area contributed by atoms with Crippen molar-refractivity contribution in [2.45, 2.75) is 25.9 Å². The average Bonchev–Trinajstić information content (AvgIpc) is 3.50. The van der Waals surface area contributed by atoms with Crippen LogP contribution in [0.3, 0.4) is 0 Å². The molecule has 0 saturated carbocycles. The van der Waals surface area contributed by atoms with E-state index in [-0.39, 0.29) is 29.7 Å². The molecule has 2 aromatic carbocycles. The molecule has 1 saturated heterocycles. The van der Waals surface area contributed by atoms with Crippen LogP contribution in [0, 0.1) is 5.92 Å². The highest BCUT2D eigenvalue weighted by Gasteiger charge is 2.42. The van der Waals surface area contributed by atoms with Gasteiger partial charge in [-0.1, -0.05) is 31.5 Å². The summed E-state index contributed by atoms with van der Waals surface area (Å²) in [6, 6.07) is 21.9. The van der Waals surface area contributed by atoms with Crippen molar-refractivity contribution in [2.24, 2.45) is 5.92 Å². The molecule has 0 unspecified atom stereocenters. The number of benzene rings is 2. The van der Waals surface area contributed by atoms with Gasteiger partial charge in [-0.3, -0.25) is 9.78 Å². The third kappa shape index (κ3) is 4.90. The molecule has 2 atom stereocenters. The lowest BCUT2D eigenvalue weighted by Gasteiger charge is -2.29. The molecule has 0 spiro atoms. The highest BCUT2D eigenvalue weighted by atomic mass is 35.5. The number of hydrogen-bond donors (Lipinski definition) is 3. The van der Waals surface area contributed by atoms with Crippen LogP contribution in [0.2, 0.25) is 5.02 Å². The first-order chi connectivity index (χ1) is 17.8. The number of aromatic nitrogens is 2. The lowest BCUT2D eigenvalue weighted by Crippen LogP contribution is -2.30. The van der Waals surface area contributed by atoms with Crippen LogP contribution in [0.25, 0.3) is 5.69 Å². The lowest BCUT2D eigenvalue weighted by atomic mass is 10.0. The number of phenols is 1. The fraction of sp³-hybridized carbons (Fsp3) is 0.179. The van der Waals surface area contributed by atoms with Gasteiger partial charge in [0.05, 0.1) is 22.4 Å². The number of phenolic OH excluding ortho intramolecular Hbond substituents is 1. The molecule has 0 radical (unpaired) electrons. The number of carbonyl (C=O) groups excluding carboxylic acids is 1. The second-order valence-corrected chi connectivity index (χ2v) is 9.92. The van der Waals surface area contributed by atoms with Gasteiger partial charge in [-0.25, -0.2) is 0 Å². The summed E-state index contributed by atoms with van der Waals surface area (Å²) in [5.41, 5.74) is 4.06. The lowest BCUT2D eigenvalue weighted by molar-refractivity contribution is -0.118. The second kappa shape index (κ2) is 10.2. The Labute approximate surface area is 225 Å². The molecule has 188 valence electrons. The molecule has 5 rings (SSSR count). The molecule has 0 aliphatic carbocycles. The molecule has 7 nitrogen and oxygen atoms in total. The molecular formula is C28H26ClN5O2S. The van der Waals surface area contributed by atoms with Gasteiger partial charge in [-0.05, 0) is 78.9 Å². The molecule has 0 bridgehead atoms. The van der Waals surface area contributed by atoms with Crippen molar-refractivity contribution < 1.29 is 9.90 Å². The molecule has 4 aromatic rings. The smallest absolute Gasteiger partial charge is 0.226 e. The van der Waals surface area contributed by atoms with Crippen LogP contribution in [0.15, 0.2) is 85.2 Å². The van der Waals surface area contributed by atoms with Crippen molar-refractivity contribution in [2.75, 3.05) is 10.2 Å². The van der Waals surface area contributed by atoms with E-state index in [0.717, 1.165) is 22.8 Å². The Morgan fingerprint density at radius 2 is 1.84 bits per heavy atom. The van der Waals surface area contributed by atoms with E-state index in [1.807, 2.05) is 73.5 Å². The largest absolute Gasteiger partial charge is 0.508 e. The van der Waals surface area contributed by atoms with Crippen molar-refractivity contribution in [1.82, 2.24) is 14.9 Å². The van der Waals surface area contributed by atoms with Crippen molar-refractivity contribution >= 4 is 46.2 Å². The van der Waals surface area contributed by atoms with Crippen LogP contribution in [0.1, 0.15) is 37.3 Å². The molecule has 3 heterocycles. The molecular weight excluding hydrogens is 506 g/mol. The molecule has 3 N–H and O–H groups in total. The second-order valence-electron chi connectivity index (χ2n) is 9.12. The topological polar surface area (TPSA) is 82.4 Å². The number of aromatic hydroxyl groups is 1. The molecule has 9 heteroatoms. The molecule has 2 aromatic heterocycles. The van der Waals surface area contributed by atoms with E-state index in [2.05, 4.69) is 26.3 Å². The van der Waals surface area contributed by atoms with E-state index < -0.39 is 0 Å². The van der Waals surface area contributed by atoms with Gasteiger partial charge in [0.15, 0.2) is 5.11 Å². The number of amides is 1. The Morgan fingerprint density at radius 3 is 2.51 bits per heavy atom. The van der Waals surface area contributed by atoms with Gasteiger partial charge in [-0.2, -0.15) is 0 Å². The zero-order chi connectivity index (χ0) is 26.1. The number of carbonyl (C=O) groups is 1. The Kier molecular flexibility index (Phi) is 6.86. The Morgan fingerprint density at radius 1 is 1.08 bits per heavy atom. The minimum absolute atomic E-state index is 0.104. The standard InChI is InChI=1S/C28H26ClN5O2S/c1-17(2)27(36)31-22-13-10-19(16-21(22)29)34-26(25(32-28(34)37)23-6-3-4-14-30-23)24-7-5-15-33(24)18-8-11-20(35)12-9-18/h3-17,25-26,35H,1-2H3,(H,31,36)(H,32,37)/t25-,26-/m1/s1. The Hall–Kier alpha value is -3.88. The van der Waals surface area contributed by atoms with Crippen LogP contribution in [-0.4, -0.2) is 25.7 Å². The first kappa shape index (κ1) is 24.8. The minimum atomic E-state index is -0.265. The average molecular weight is 532 g/mol. The highest BCUT2D eigenvalue weighted by Crippen LogP contribution is 2.43. The normalized spacial score (nSPS) is 17.2. The maximum Gasteiger partial charge on any atom is 0.226 e. The minimum Gasteiger partial charge on any atom is -0.508 e. The SMILES string of the molecule is CC(C)C(=O)Nc1ccc(N2C(=S)N[C@H](c3ccccn3)[C@H]2c2cccn2-c2ccc(O)cc2)cc1Cl. The van der Waals surface area contributed by atoms with Crippen LogP contribution >= 0.6 is 23.8 Å². The molecule has 1 fully saturated rings. The number of nitrogens with one attached hydrogen (secondary N) is 2. The Balaban J connectivity index is 1.59. The van der Waals surface area contributed by atoms with E-state index in [4.69, 9.17) is 23.8 Å². The van der Waals surface area contributed by atoms with Gasteiger partial charge >= 0.3 is 0 Å². The van der Waals surface area contributed by atoms with Gasteiger partial charge in [-0.15, -0.1) is 0 Å². The first-order valence-corrected chi connectivity index (χ1v) is 12.7. The van der Waals surface area contributed by atoms with Crippen molar-refractivity contribution in [3.05, 3.63) is 102 Å². The van der Waals surface area contributed by atoms with Crippen LogP contribution < -0.4 is 15.5 Å². The summed E-state index contributed by atoms with van der Waals surface area (Å²) in [5, 5.41) is 17.1. The van der Waals surface area contributed by atoms with Gasteiger partial charge in [0, 0.05) is 35.4 Å².